The number of aliphatic imine (C=N–C) groups is 1. The summed E-state index contributed by atoms with van der Waals surface area (Å²) >= 11 is 0. The highest BCUT2D eigenvalue weighted by Crippen LogP contribution is 2.13. The molecule has 27 heavy (non-hydrogen) atoms. The van der Waals surface area contributed by atoms with Gasteiger partial charge in [-0.3, -0.25) is 14.6 Å². The fourth-order valence-electron chi connectivity index (χ4n) is 3.50. The summed E-state index contributed by atoms with van der Waals surface area (Å²) in [5.74, 6) is 0.910. The summed E-state index contributed by atoms with van der Waals surface area (Å²) in [6.45, 7) is 7.19. The number of hydrogen-bond donors (Lipinski definition) is 2. The number of likely N-dealkylation sites (tertiary alicyclic amines) is 1. The average Bonchev–Trinajstić information content (AvgIpc) is 3.11. The van der Waals surface area contributed by atoms with Gasteiger partial charge in [0.2, 0.25) is 0 Å². The van der Waals surface area contributed by atoms with Crippen LogP contribution < -0.4 is 10.6 Å². The monoisotopic (exact) mass is 368 g/mol. The Balaban J connectivity index is 1.33. The van der Waals surface area contributed by atoms with E-state index in [0.29, 0.717) is 6.04 Å². The quantitative estimate of drug-likeness (QED) is 0.448. The first-order chi connectivity index (χ1) is 13.2. The number of benzene rings is 1. The second-order valence-electron chi connectivity index (χ2n) is 7.31. The van der Waals surface area contributed by atoms with Crippen molar-refractivity contribution in [3.63, 3.8) is 0 Å². The van der Waals surface area contributed by atoms with Gasteiger partial charge in [-0.1, -0.05) is 30.3 Å². The van der Waals surface area contributed by atoms with E-state index < -0.39 is 0 Å². The molecule has 2 N–H and O–H groups in total. The molecule has 1 aliphatic heterocycles. The van der Waals surface area contributed by atoms with Gasteiger partial charge in [0.25, 0.3) is 0 Å². The number of aryl methyl sites for hydroxylation is 2. The maximum atomic E-state index is 4.38. The number of guanidine groups is 1. The Hall–Kier alpha value is -2.34. The number of hydrogen-bond acceptors (Lipinski definition) is 3. The third kappa shape index (κ3) is 6.40. The third-order valence-corrected chi connectivity index (χ3v) is 5.02. The zero-order chi connectivity index (χ0) is 18.9. The molecule has 2 aromatic rings. The zero-order valence-corrected chi connectivity index (χ0v) is 16.6. The molecular formula is C21H32N6. The molecule has 6 nitrogen and oxygen atoms in total. The summed E-state index contributed by atoms with van der Waals surface area (Å²) < 4.78 is 2.00. The number of piperidine rings is 1. The van der Waals surface area contributed by atoms with Crippen molar-refractivity contribution in [1.29, 1.82) is 0 Å². The standard InChI is InChI=1S/C21H32N6/c1-18-15-24-27(16-18)12-6-11-23-21(22-2)25-20-9-13-26(14-10-20)17-19-7-4-3-5-8-19/h3-5,7-8,15-16,20H,6,9-14,17H2,1-2H3,(H2,22,23,25). The van der Waals surface area contributed by atoms with Crippen LogP contribution >= 0.6 is 0 Å². The van der Waals surface area contributed by atoms with Crippen molar-refractivity contribution in [2.75, 3.05) is 26.7 Å². The van der Waals surface area contributed by atoms with E-state index in [2.05, 4.69) is 69.1 Å². The maximum absolute atomic E-state index is 4.38. The minimum atomic E-state index is 0.497. The highest BCUT2D eigenvalue weighted by atomic mass is 15.3. The molecule has 1 aromatic heterocycles. The molecule has 0 atom stereocenters. The van der Waals surface area contributed by atoms with E-state index in [4.69, 9.17) is 0 Å². The molecule has 1 aromatic carbocycles. The molecule has 146 valence electrons. The SMILES string of the molecule is CN=C(NCCCn1cc(C)cn1)NC1CCN(Cc2ccccc2)CC1. The summed E-state index contributed by atoms with van der Waals surface area (Å²) in [4.78, 5) is 6.91. The second-order valence-corrected chi connectivity index (χ2v) is 7.31. The predicted octanol–water partition coefficient (Wildman–Crippen LogP) is 2.41. The lowest BCUT2D eigenvalue weighted by Crippen LogP contribution is -2.48. The van der Waals surface area contributed by atoms with Crippen LogP contribution in [0.1, 0.15) is 30.4 Å². The first-order valence-corrected chi connectivity index (χ1v) is 9.95. The smallest absolute Gasteiger partial charge is 0.191 e. The molecule has 0 amide bonds. The molecule has 1 aliphatic rings. The first-order valence-electron chi connectivity index (χ1n) is 9.95. The van der Waals surface area contributed by atoms with E-state index in [0.717, 1.165) is 57.9 Å². The summed E-state index contributed by atoms with van der Waals surface area (Å²) in [5, 5.41) is 11.3. The van der Waals surface area contributed by atoms with E-state index in [1.54, 1.807) is 0 Å². The van der Waals surface area contributed by atoms with Gasteiger partial charge >= 0.3 is 0 Å². The van der Waals surface area contributed by atoms with Crippen molar-refractivity contribution in [1.82, 2.24) is 25.3 Å². The van der Waals surface area contributed by atoms with Crippen LogP contribution in [0.25, 0.3) is 0 Å². The number of nitrogens with one attached hydrogen (secondary N) is 2. The van der Waals surface area contributed by atoms with Crippen LogP contribution in [0.3, 0.4) is 0 Å². The van der Waals surface area contributed by atoms with Crippen molar-refractivity contribution in [2.24, 2.45) is 4.99 Å². The Kier molecular flexibility index (Phi) is 7.27. The van der Waals surface area contributed by atoms with Gasteiger partial charge in [-0.05, 0) is 37.3 Å². The number of nitrogens with zero attached hydrogens (tertiary/aromatic N) is 4. The Bertz CT molecular complexity index is 700. The van der Waals surface area contributed by atoms with Crippen molar-refractivity contribution in [3.05, 3.63) is 53.9 Å². The van der Waals surface area contributed by atoms with E-state index in [1.807, 2.05) is 17.9 Å². The molecule has 0 unspecified atom stereocenters. The van der Waals surface area contributed by atoms with Crippen molar-refractivity contribution >= 4 is 5.96 Å². The minimum absolute atomic E-state index is 0.497. The number of aromatic nitrogens is 2. The molecule has 2 heterocycles. The van der Waals surface area contributed by atoms with Gasteiger partial charge in [0.05, 0.1) is 6.20 Å². The molecule has 3 rings (SSSR count). The normalized spacial score (nSPS) is 16.4. The van der Waals surface area contributed by atoms with Gasteiger partial charge in [0.15, 0.2) is 5.96 Å². The van der Waals surface area contributed by atoms with Gasteiger partial charge < -0.3 is 10.6 Å². The summed E-state index contributed by atoms with van der Waals surface area (Å²) in [6, 6.07) is 11.2. The Morgan fingerprint density at radius 3 is 2.67 bits per heavy atom. The van der Waals surface area contributed by atoms with Gasteiger partial charge in [0, 0.05) is 52.0 Å². The molecular weight excluding hydrogens is 336 g/mol. The van der Waals surface area contributed by atoms with Crippen molar-refractivity contribution in [3.8, 4) is 0 Å². The Morgan fingerprint density at radius 1 is 1.22 bits per heavy atom. The molecule has 6 heteroatoms. The highest BCUT2D eigenvalue weighted by Gasteiger charge is 2.19. The Morgan fingerprint density at radius 2 is 2.00 bits per heavy atom. The molecule has 0 bridgehead atoms. The van der Waals surface area contributed by atoms with Crippen LogP contribution in [0.15, 0.2) is 47.7 Å². The summed E-state index contributed by atoms with van der Waals surface area (Å²) in [5.41, 5.74) is 2.60. The molecule has 1 fully saturated rings. The van der Waals surface area contributed by atoms with Crippen molar-refractivity contribution in [2.45, 2.75) is 45.3 Å². The van der Waals surface area contributed by atoms with Crippen LogP contribution in [-0.2, 0) is 13.1 Å². The first kappa shape index (κ1) is 19.4. The molecule has 1 saturated heterocycles. The topological polar surface area (TPSA) is 57.5 Å². The third-order valence-electron chi connectivity index (χ3n) is 5.02. The molecule has 0 aliphatic carbocycles. The van der Waals surface area contributed by atoms with Gasteiger partial charge in [0.1, 0.15) is 0 Å². The lowest BCUT2D eigenvalue weighted by molar-refractivity contribution is 0.198. The van der Waals surface area contributed by atoms with Crippen LogP contribution in [0.5, 0.6) is 0 Å². The largest absolute Gasteiger partial charge is 0.356 e. The van der Waals surface area contributed by atoms with Gasteiger partial charge in [-0.2, -0.15) is 5.10 Å². The van der Waals surface area contributed by atoms with E-state index in [-0.39, 0.29) is 0 Å². The van der Waals surface area contributed by atoms with Gasteiger partial charge in [-0.25, -0.2) is 0 Å². The average molecular weight is 369 g/mol. The van der Waals surface area contributed by atoms with E-state index in [1.165, 1.54) is 11.1 Å². The van der Waals surface area contributed by atoms with Crippen LogP contribution in [-0.4, -0.2) is 53.4 Å². The highest BCUT2D eigenvalue weighted by molar-refractivity contribution is 5.79. The number of rotatable bonds is 7. The molecule has 0 saturated carbocycles. The fraction of sp³-hybridized carbons (Fsp3) is 0.524. The second kappa shape index (κ2) is 10.1. The lowest BCUT2D eigenvalue weighted by Gasteiger charge is -2.33. The van der Waals surface area contributed by atoms with Crippen molar-refractivity contribution < 1.29 is 0 Å². The summed E-state index contributed by atoms with van der Waals surface area (Å²) in [7, 11) is 1.84. The van der Waals surface area contributed by atoms with E-state index in [9.17, 15) is 0 Å². The maximum Gasteiger partial charge on any atom is 0.191 e. The Labute approximate surface area is 162 Å². The van der Waals surface area contributed by atoms with E-state index >= 15 is 0 Å². The zero-order valence-electron chi connectivity index (χ0n) is 16.6. The van der Waals surface area contributed by atoms with Crippen LogP contribution in [0, 0.1) is 6.92 Å². The lowest BCUT2D eigenvalue weighted by atomic mass is 10.0. The molecule has 0 spiro atoms. The minimum Gasteiger partial charge on any atom is -0.356 e. The van der Waals surface area contributed by atoms with Crippen LogP contribution in [0.2, 0.25) is 0 Å². The molecule has 0 radical (unpaired) electrons. The summed E-state index contributed by atoms with van der Waals surface area (Å²) in [6.07, 6.45) is 7.31. The van der Waals surface area contributed by atoms with Gasteiger partial charge in [-0.15, -0.1) is 0 Å². The predicted molar refractivity (Wildman–Crippen MR) is 111 cm³/mol. The van der Waals surface area contributed by atoms with Crippen LogP contribution in [0.4, 0.5) is 0 Å². The fourth-order valence-corrected chi connectivity index (χ4v) is 3.50.